The highest BCUT2D eigenvalue weighted by atomic mass is 32.2. The summed E-state index contributed by atoms with van der Waals surface area (Å²) in [5, 5.41) is 4.91. The lowest BCUT2D eigenvalue weighted by atomic mass is 9.98. The Morgan fingerprint density at radius 2 is 1.13 bits per heavy atom. The maximum Gasteiger partial charge on any atom is 0.410 e. The van der Waals surface area contributed by atoms with Crippen LogP contribution in [-0.2, 0) is 50.7 Å². The molecule has 2 saturated heterocycles. The average Bonchev–Trinajstić information content (AvgIpc) is 3.76. The van der Waals surface area contributed by atoms with E-state index in [1.54, 1.807) is 49.1 Å². The van der Waals surface area contributed by atoms with E-state index in [1.165, 1.54) is 7.94 Å². The summed E-state index contributed by atoms with van der Waals surface area (Å²) in [6.45, 7) is 18.2. The predicted molar refractivity (Wildman–Crippen MR) is 238 cm³/mol. The van der Waals surface area contributed by atoms with Crippen LogP contribution in [0.2, 0.25) is 0 Å². The van der Waals surface area contributed by atoms with Gasteiger partial charge in [0.25, 0.3) is 11.8 Å². The minimum absolute atomic E-state index is 0.0338. The summed E-state index contributed by atoms with van der Waals surface area (Å²) < 4.78 is 60.0. The summed E-state index contributed by atoms with van der Waals surface area (Å²) in [6, 6.07) is 10.7. The molecule has 0 aliphatic carbocycles. The number of hydrogen-bond donors (Lipinski definition) is 1. The van der Waals surface area contributed by atoms with E-state index in [9.17, 15) is 31.2 Å². The van der Waals surface area contributed by atoms with Crippen molar-refractivity contribution in [1.29, 1.82) is 0 Å². The van der Waals surface area contributed by atoms with Crippen molar-refractivity contribution in [3.63, 3.8) is 0 Å². The first kappa shape index (κ1) is 44.6. The highest BCUT2D eigenvalue weighted by Gasteiger charge is 2.34. The number of benzene rings is 2. The Balaban J connectivity index is 0.000000189. The number of piperidine rings is 2. The van der Waals surface area contributed by atoms with Crippen LogP contribution in [0.3, 0.4) is 0 Å². The average molecular weight is 879 g/mol. The zero-order chi connectivity index (χ0) is 44.0. The lowest BCUT2D eigenvalue weighted by Gasteiger charge is -2.31. The molecule has 2 fully saturated rings. The number of ether oxygens (including phenoxy) is 1. The van der Waals surface area contributed by atoms with E-state index in [-0.39, 0.29) is 29.9 Å². The van der Waals surface area contributed by atoms with Crippen LogP contribution in [-0.4, -0.2) is 114 Å². The normalized spacial score (nSPS) is 18.1. The Morgan fingerprint density at radius 1 is 0.672 bits per heavy atom. The van der Waals surface area contributed by atoms with Gasteiger partial charge in [-0.3, -0.25) is 9.59 Å². The zero-order valence-electron chi connectivity index (χ0n) is 36.8. The number of fused-ring (bicyclic) bond motifs is 6. The third kappa shape index (κ3) is 9.08. The molecule has 0 radical (unpaired) electrons. The highest BCUT2D eigenvalue weighted by molar-refractivity contribution is 7.90. The number of carbonyl (C=O) groups excluding carboxylic acids is 3. The van der Waals surface area contributed by atoms with Crippen LogP contribution < -0.4 is 5.32 Å². The quantitative estimate of drug-likeness (QED) is 0.233. The van der Waals surface area contributed by atoms with Crippen molar-refractivity contribution in [2.45, 2.75) is 106 Å². The van der Waals surface area contributed by atoms with Gasteiger partial charge in [0.05, 0.1) is 29.1 Å². The van der Waals surface area contributed by atoms with E-state index in [0.717, 1.165) is 80.6 Å². The Hall–Kier alpha value is -4.41. The monoisotopic (exact) mass is 878 g/mol. The molecule has 0 atom stereocenters. The van der Waals surface area contributed by atoms with Gasteiger partial charge in [-0.1, -0.05) is 13.8 Å². The van der Waals surface area contributed by atoms with E-state index in [4.69, 9.17) is 4.74 Å². The van der Waals surface area contributed by atoms with Crippen LogP contribution in [0.5, 0.6) is 0 Å². The molecule has 0 saturated carbocycles. The van der Waals surface area contributed by atoms with Crippen molar-refractivity contribution in [2.75, 3.05) is 50.8 Å². The van der Waals surface area contributed by atoms with Crippen molar-refractivity contribution >= 4 is 59.8 Å². The SMILES string of the molecule is CCS(=O)(=O)n1c2c(c3cc(C(=O)N4CCC(C)CC4)ccc31)CN(C(=O)OC(C)(C)C)CC2.CCS(=O)(=O)n1c2c(c3cc(C(=O)N4CCC(C)CC4)ccc31)CNCC2. The van der Waals surface area contributed by atoms with Gasteiger partial charge in [-0.15, -0.1) is 0 Å². The van der Waals surface area contributed by atoms with Gasteiger partial charge in [0.15, 0.2) is 0 Å². The Kier molecular flexibility index (Phi) is 12.7. The lowest BCUT2D eigenvalue weighted by molar-refractivity contribution is 0.0224. The molecule has 4 aliphatic rings. The molecule has 1 N–H and O–H groups in total. The fourth-order valence-corrected chi connectivity index (χ4v) is 11.5. The molecule has 2 aromatic heterocycles. The van der Waals surface area contributed by atoms with Crippen molar-refractivity contribution in [2.24, 2.45) is 11.8 Å². The summed E-state index contributed by atoms with van der Waals surface area (Å²) in [4.78, 5) is 44.3. The van der Waals surface area contributed by atoms with Crippen LogP contribution in [0, 0.1) is 11.8 Å². The summed E-state index contributed by atoms with van der Waals surface area (Å²) >= 11 is 0. The van der Waals surface area contributed by atoms with Crippen molar-refractivity contribution < 1.29 is 36.0 Å². The zero-order valence-corrected chi connectivity index (χ0v) is 38.4. The first-order valence-electron chi connectivity index (χ1n) is 21.9. The molecule has 16 heteroatoms. The largest absolute Gasteiger partial charge is 0.444 e. The molecular weight excluding hydrogens is 817 g/mol. The molecule has 2 aromatic carbocycles. The van der Waals surface area contributed by atoms with Gasteiger partial charge in [0.1, 0.15) is 5.60 Å². The van der Waals surface area contributed by atoms with Gasteiger partial charge in [-0.2, -0.15) is 0 Å². The van der Waals surface area contributed by atoms with E-state index < -0.39 is 31.7 Å². The molecule has 0 spiro atoms. The summed E-state index contributed by atoms with van der Waals surface area (Å²) in [5.41, 5.74) is 5.15. The highest BCUT2D eigenvalue weighted by Crippen LogP contribution is 2.35. The summed E-state index contributed by atoms with van der Waals surface area (Å²) in [6.07, 6.45) is 4.70. The fourth-order valence-electron chi connectivity index (χ4n) is 9.00. The molecule has 0 bridgehead atoms. The number of nitrogens with zero attached hydrogens (tertiary/aromatic N) is 5. The van der Waals surface area contributed by atoms with Crippen molar-refractivity contribution in [3.8, 4) is 0 Å². The molecular formula is C45H62N6O8S2. The predicted octanol–water partition coefficient (Wildman–Crippen LogP) is 6.36. The van der Waals surface area contributed by atoms with Crippen LogP contribution in [0.25, 0.3) is 21.8 Å². The van der Waals surface area contributed by atoms with E-state index in [1.807, 2.05) is 36.6 Å². The topological polar surface area (TPSA) is 160 Å². The van der Waals surface area contributed by atoms with Crippen LogP contribution in [0.15, 0.2) is 36.4 Å². The molecule has 4 aromatic rings. The Labute approximate surface area is 360 Å². The van der Waals surface area contributed by atoms with E-state index >= 15 is 0 Å². The smallest absolute Gasteiger partial charge is 0.410 e. The number of aromatic nitrogens is 2. The van der Waals surface area contributed by atoms with Crippen LogP contribution >= 0.6 is 0 Å². The number of amides is 3. The van der Waals surface area contributed by atoms with Crippen molar-refractivity contribution in [3.05, 3.63) is 70.0 Å². The number of likely N-dealkylation sites (tertiary alicyclic amines) is 2. The minimum atomic E-state index is -3.56. The first-order chi connectivity index (χ1) is 28.8. The molecule has 61 heavy (non-hydrogen) atoms. The van der Waals surface area contributed by atoms with Crippen LogP contribution in [0.4, 0.5) is 4.79 Å². The first-order valence-corrected chi connectivity index (χ1v) is 25.1. The second-order valence-corrected chi connectivity index (χ2v) is 22.4. The third-order valence-corrected chi connectivity index (χ3v) is 16.1. The molecule has 4 aliphatic heterocycles. The molecule has 332 valence electrons. The number of nitrogens with one attached hydrogen (secondary N) is 1. The van der Waals surface area contributed by atoms with Gasteiger partial charge in [-0.25, -0.2) is 29.6 Å². The number of rotatable bonds is 6. The fraction of sp³-hybridized carbons (Fsp3) is 0.578. The molecule has 8 rings (SSSR count). The summed E-state index contributed by atoms with van der Waals surface area (Å²) in [5.74, 6) is 1.32. The van der Waals surface area contributed by atoms with Crippen molar-refractivity contribution in [1.82, 2.24) is 28.0 Å². The molecule has 14 nitrogen and oxygen atoms in total. The molecule has 3 amide bonds. The van der Waals surface area contributed by atoms with E-state index in [2.05, 4.69) is 19.2 Å². The number of hydrogen-bond acceptors (Lipinski definition) is 9. The second kappa shape index (κ2) is 17.4. The van der Waals surface area contributed by atoms with Gasteiger partial charge in [0.2, 0.25) is 20.0 Å². The second-order valence-electron chi connectivity index (χ2n) is 18.2. The van der Waals surface area contributed by atoms with Gasteiger partial charge in [-0.05, 0) is 114 Å². The Morgan fingerprint density at radius 3 is 1.59 bits per heavy atom. The molecule has 6 heterocycles. The third-order valence-electron chi connectivity index (χ3n) is 12.6. The maximum absolute atomic E-state index is 13.2. The lowest BCUT2D eigenvalue weighted by Crippen LogP contribution is -2.40. The Bertz CT molecular complexity index is 2560. The van der Waals surface area contributed by atoms with Gasteiger partial charge in [0, 0.05) is 97.5 Å². The number of carbonyl (C=O) groups is 3. The summed E-state index contributed by atoms with van der Waals surface area (Å²) in [7, 11) is -6.95. The van der Waals surface area contributed by atoms with Gasteiger partial charge >= 0.3 is 6.09 Å². The minimum Gasteiger partial charge on any atom is -0.444 e. The van der Waals surface area contributed by atoms with Gasteiger partial charge < -0.3 is 24.8 Å². The van der Waals surface area contributed by atoms with E-state index in [0.29, 0.717) is 71.0 Å². The van der Waals surface area contributed by atoms with Crippen LogP contribution in [0.1, 0.15) is 117 Å². The standard InChI is InChI=1S/C25H35N3O5S.C20H27N3O3S/c1-6-34(31,32)28-21-8-7-18(23(29)26-12-9-17(2)10-13-26)15-19(21)20-16-27(14-11-22(20)28)24(30)33-25(3,4)5;1-3-27(25,26)23-18-5-4-15(20(24)22-10-7-14(2)8-11-22)12-16(18)17-13-21-9-6-19(17)23/h7-8,15,17H,6,9-14,16H2,1-5H3;4-5,12,14,21H,3,6-11,13H2,1-2H3. The maximum atomic E-state index is 13.2. The molecule has 0 unspecified atom stereocenters.